The van der Waals surface area contributed by atoms with Gasteiger partial charge in [0, 0.05) is 19.6 Å². The van der Waals surface area contributed by atoms with Gasteiger partial charge in [0.05, 0.1) is 6.42 Å². The lowest BCUT2D eigenvalue weighted by Crippen LogP contribution is -2.14. The summed E-state index contributed by atoms with van der Waals surface area (Å²) in [5.74, 6) is 0.954. The summed E-state index contributed by atoms with van der Waals surface area (Å²) in [6, 6.07) is 6.06. The SMILES string of the molecule is Cc1ccc(C(C)C)c(OC(=O)CCN2CC2)c1. The molecule has 0 amide bonds. The van der Waals surface area contributed by atoms with E-state index in [9.17, 15) is 4.79 Å². The van der Waals surface area contributed by atoms with Crippen molar-refractivity contribution in [1.82, 2.24) is 4.90 Å². The molecule has 1 aliphatic rings. The Hall–Kier alpha value is -1.35. The number of aryl methyl sites for hydroxylation is 1. The summed E-state index contributed by atoms with van der Waals surface area (Å²) in [6.07, 6.45) is 0.478. The highest BCUT2D eigenvalue weighted by Gasteiger charge is 2.19. The van der Waals surface area contributed by atoms with Gasteiger partial charge in [0.2, 0.25) is 0 Å². The second kappa shape index (κ2) is 5.53. The van der Waals surface area contributed by atoms with Crippen molar-refractivity contribution in [3.8, 4) is 5.75 Å². The maximum Gasteiger partial charge on any atom is 0.312 e. The van der Waals surface area contributed by atoms with Crippen molar-refractivity contribution in [2.75, 3.05) is 19.6 Å². The molecule has 1 aromatic carbocycles. The van der Waals surface area contributed by atoms with Gasteiger partial charge in [-0.1, -0.05) is 26.0 Å². The van der Waals surface area contributed by atoms with E-state index in [-0.39, 0.29) is 5.97 Å². The van der Waals surface area contributed by atoms with E-state index in [1.54, 1.807) is 0 Å². The second-order valence-corrected chi connectivity index (χ2v) is 5.26. The van der Waals surface area contributed by atoms with Crippen molar-refractivity contribution in [2.45, 2.75) is 33.1 Å². The minimum absolute atomic E-state index is 0.130. The fraction of sp³-hybridized carbons (Fsp3) is 0.533. The molecule has 1 aromatic rings. The highest BCUT2D eigenvalue weighted by atomic mass is 16.5. The summed E-state index contributed by atoms with van der Waals surface area (Å²) in [4.78, 5) is 14.0. The molecule has 0 spiro atoms. The minimum atomic E-state index is -0.130. The lowest BCUT2D eigenvalue weighted by Gasteiger charge is -2.13. The summed E-state index contributed by atoms with van der Waals surface area (Å²) >= 11 is 0. The summed E-state index contributed by atoms with van der Waals surface area (Å²) in [5, 5.41) is 0. The smallest absolute Gasteiger partial charge is 0.312 e. The number of carbonyl (C=O) groups is 1. The van der Waals surface area contributed by atoms with Gasteiger partial charge >= 0.3 is 5.97 Å². The van der Waals surface area contributed by atoms with Crippen LogP contribution in [0.4, 0.5) is 0 Å². The van der Waals surface area contributed by atoms with E-state index in [1.165, 1.54) is 0 Å². The number of rotatable bonds is 5. The Bertz CT molecular complexity index is 436. The molecule has 0 unspecified atom stereocenters. The summed E-state index contributed by atoms with van der Waals surface area (Å²) in [6.45, 7) is 9.29. The molecular weight excluding hydrogens is 226 g/mol. The number of hydrogen-bond donors (Lipinski definition) is 0. The van der Waals surface area contributed by atoms with Gasteiger partial charge in [-0.25, -0.2) is 0 Å². The standard InChI is InChI=1S/C15H21NO2/c1-11(2)13-5-4-12(3)10-14(13)18-15(17)6-7-16-8-9-16/h4-5,10-11H,6-9H2,1-3H3. The van der Waals surface area contributed by atoms with Gasteiger partial charge in [-0.15, -0.1) is 0 Å². The molecule has 0 atom stereocenters. The number of nitrogens with zero attached hydrogens (tertiary/aromatic N) is 1. The van der Waals surface area contributed by atoms with Crippen LogP contribution in [0.3, 0.4) is 0 Å². The quantitative estimate of drug-likeness (QED) is 0.455. The maximum atomic E-state index is 11.8. The third kappa shape index (κ3) is 3.57. The molecular formula is C15H21NO2. The number of benzene rings is 1. The average molecular weight is 247 g/mol. The Morgan fingerprint density at radius 1 is 1.39 bits per heavy atom. The Labute approximate surface area is 109 Å². The maximum absolute atomic E-state index is 11.8. The zero-order valence-electron chi connectivity index (χ0n) is 11.4. The predicted octanol–water partition coefficient (Wildman–Crippen LogP) is 2.73. The van der Waals surface area contributed by atoms with E-state index >= 15 is 0 Å². The lowest BCUT2D eigenvalue weighted by molar-refractivity contribution is -0.134. The van der Waals surface area contributed by atoms with E-state index in [0.29, 0.717) is 12.3 Å². The fourth-order valence-corrected chi connectivity index (χ4v) is 1.92. The van der Waals surface area contributed by atoms with E-state index in [1.807, 2.05) is 19.1 Å². The lowest BCUT2D eigenvalue weighted by atomic mass is 10.0. The van der Waals surface area contributed by atoms with Crippen LogP contribution < -0.4 is 4.74 Å². The molecule has 1 aliphatic heterocycles. The highest BCUT2D eigenvalue weighted by Crippen LogP contribution is 2.27. The Balaban J connectivity index is 2.01. The fourth-order valence-electron chi connectivity index (χ4n) is 1.92. The molecule has 1 saturated heterocycles. The first-order chi connectivity index (χ1) is 8.56. The zero-order valence-corrected chi connectivity index (χ0v) is 11.4. The molecule has 3 heteroatoms. The summed E-state index contributed by atoms with van der Waals surface area (Å²) in [7, 11) is 0. The first kappa shape index (κ1) is 13.1. The van der Waals surface area contributed by atoms with Gasteiger partial charge in [0.15, 0.2) is 0 Å². The van der Waals surface area contributed by atoms with Crippen LogP contribution in [0.15, 0.2) is 18.2 Å². The van der Waals surface area contributed by atoms with Crippen molar-refractivity contribution in [2.24, 2.45) is 0 Å². The monoisotopic (exact) mass is 247 g/mol. The number of esters is 1. The van der Waals surface area contributed by atoms with Gasteiger partial charge in [-0.3, -0.25) is 4.79 Å². The summed E-state index contributed by atoms with van der Waals surface area (Å²) < 4.78 is 5.50. The summed E-state index contributed by atoms with van der Waals surface area (Å²) in [5.41, 5.74) is 2.22. The Morgan fingerprint density at radius 3 is 2.72 bits per heavy atom. The van der Waals surface area contributed by atoms with Crippen LogP contribution >= 0.6 is 0 Å². The van der Waals surface area contributed by atoms with Crippen LogP contribution in [0.1, 0.15) is 37.3 Å². The van der Waals surface area contributed by atoms with Gasteiger partial charge < -0.3 is 9.64 Å². The topological polar surface area (TPSA) is 29.3 Å². The zero-order chi connectivity index (χ0) is 13.1. The Morgan fingerprint density at radius 2 is 2.11 bits per heavy atom. The van der Waals surface area contributed by atoms with Crippen LogP contribution in [0.25, 0.3) is 0 Å². The molecule has 2 rings (SSSR count). The van der Waals surface area contributed by atoms with E-state index < -0.39 is 0 Å². The van der Waals surface area contributed by atoms with Crippen LogP contribution in [-0.2, 0) is 4.79 Å². The largest absolute Gasteiger partial charge is 0.426 e. The van der Waals surface area contributed by atoms with Crippen LogP contribution in [0, 0.1) is 6.92 Å². The van der Waals surface area contributed by atoms with Crippen LogP contribution in [0.2, 0.25) is 0 Å². The van der Waals surface area contributed by atoms with E-state index in [4.69, 9.17) is 4.74 Å². The molecule has 0 bridgehead atoms. The average Bonchev–Trinajstić information content (AvgIpc) is 3.09. The number of ether oxygens (including phenoxy) is 1. The van der Waals surface area contributed by atoms with Crippen molar-refractivity contribution in [1.29, 1.82) is 0 Å². The highest BCUT2D eigenvalue weighted by molar-refractivity contribution is 5.73. The molecule has 1 fully saturated rings. The molecule has 0 saturated carbocycles. The Kier molecular flexibility index (Phi) is 4.02. The first-order valence-corrected chi connectivity index (χ1v) is 6.60. The first-order valence-electron chi connectivity index (χ1n) is 6.60. The normalized spacial score (nSPS) is 14.9. The minimum Gasteiger partial charge on any atom is -0.426 e. The number of carbonyl (C=O) groups excluding carboxylic acids is 1. The molecule has 0 aliphatic carbocycles. The van der Waals surface area contributed by atoms with Gasteiger partial charge in [-0.2, -0.15) is 0 Å². The molecule has 3 nitrogen and oxygen atoms in total. The van der Waals surface area contributed by atoms with Crippen molar-refractivity contribution < 1.29 is 9.53 Å². The van der Waals surface area contributed by atoms with Gasteiger partial charge in [0.1, 0.15) is 5.75 Å². The van der Waals surface area contributed by atoms with E-state index in [0.717, 1.165) is 36.5 Å². The van der Waals surface area contributed by atoms with E-state index in [2.05, 4.69) is 24.8 Å². The van der Waals surface area contributed by atoms with Gasteiger partial charge in [-0.05, 0) is 30.0 Å². The van der Waals surface area contributed by atoms with Crippen LogP contribution in [-0.4, -0.2) is 30.5 Å². The third-order valence-electron chi connectivity index (χ3n) is 3.19. The second-order valence-electron chi connectivity index (χ2n) is 5.26. The van der Waals surface area contributed by atoms with Gasteiger partial charge in [0.25, 0.3) is 0 Å². The molecule has 98 valence electrons. The molecule has 18 heavy (non-hydrogen) atoms. The molecule has 0 aromatic heterocycles. The van der Waals surface area contributed by atoms with Crippen molar-refractivity contribution >= 4 is 5.97 Å². The molecule has 0 radical (unpaired) electrons. The molecule has 1 heterocycles. The van der Waals surface area contributed by atoms with Crippen LogP contribution in [0.5, 0.6) is 5.75 Å². The molecule has 0 N–H and O–H groups in total. The van der Waals surface area contributed by atoms with Crippen molar-refractivity contribution in [3.05, 3.63) is 29.3 Å². The van der Waals surface area contributed by atoms with Crippen molar-refractivity contribution in [3.63, 3.8) is 0 Å². The third-order valence-corrected chi connectivity index (χ3v) is 3.19. The number of hydrogen-bond acceptors (Lipinski definition) is 3. The predicted molar refractivity (Wildman–Crippen MR) is 72.0 cm³/mol.